The van der Waals surface area contributed by atoms with Crippen LogP contribution < -0.4 is 4.74 Å². The quantitative estimate of drug-likeness (QED) is 0.387. The van der Waals surface area contributed by atoms with Gasteiger partial charge < -0.3 is 14.2 Å². The third kappa shape index (κ3) is 7.22. The fourth-order valence-corrected chi connectivity index (χ4v) is 3.94. The van der Waals surface area contributed by atoms with Gasteiger partial charge in [-0.1, -0.05) is 24.3 Å². The molecule has 0 aliphatic carbocycles. The summed E-state index contributed by atoms with van der Waals surface area (Å²) < 4.78 is 42.3. The van der Waals surface area contributed by atoms with Crippen LogP contribution in [-0.2, 0) is 24.3 Å². The maximum atomic E-state index is 13.1. The predicted molar refractivity (Wildman–Crippen MR) is 115 cm³/mol. The highest BCUT2D eigenvalue weighted by atomic mass is 32.2. The normalized spacial score (nSPS) is 11.4. The van der Waals surface area contributed by atoms with Crippen molar-refractivity contribution in [2.75, 3.05) is 33.6 Å². The van der Waals surface area contributed by atoms with Gasteiger partial charge >= 0.3 is 5.97 Å². The molecule has 8 nitrogen and oxygen atoms in total. The number of benzene rings is 2. The summed E-state index contributed by atoms with van der Waals surface area (Å²) >= 11 is 0. The van der Waals surface area contributed by atoms with E-state index in [4.69, 9.17) is 19.5 Å². The van der Waals surface area contributed by atoms with Crippen molar-refractivity contribution in [2.24, 2.45) is 0 Å². The average Bonchev–Trinajstić information content (AvgIpc) is 2.77. The zero-order chi connectivity index (χ0) is 22.7. The van der Waals surface area contributed by atoms with Gasteiger partial charge in [0.15, 0.2) is 6.79 Å². The van der Waals surface area contributed by atoms with Crippen LogP contribution in [0.1, 0.15) is 18.1 Å². The van der Waals surface area contributed by atoms with Crippen LogP contribution in [0.5, 0.6) is 5.75 Å². The Morgan fingerprint density at radius 1 is 1.19 bits per heavy atom. The third-order valence-electron chi connectivity index (χ3n) is 4.05. The van der Waals surface area contributed by atoms with Gasteiger partial charge in [0.2, 0.25) is 10.0 Å². The lowest BCUT2D eigenvalue weighted by Gasteiger charge is -2.20. The maximum absolute atomic E-state index is 13.1. The van der Waals surface area contributed by atoms with Crippen molar-refractivity contribution in [2.45, 2.75) is 11.8 Å². The Labute approximate surface area is 182 Å². The number of esters is 1. The number of carbonyl (C=O) groups is 1. The van der Waals surface area contributed by atoms with Gasteiger partial charge in [0.25, 0.3) is 0 Å². The summed E-state index contributed by atoms with van der Waals surface area (Å²) in [6, 6.07) is 14.8. The Hall–Kier alpha value is -3.19. The van der Waals surface area contributed by atoms with Crippen LogP contribution in [0, 0.1) is 11.3 Å². The molecule has 9 heteroatoms. The summed E-state index contributed by atoms with van der Waals surface area (Å²) in [5.74, 6) is -0.194. The highest BCUT2D eigenvalue weighted by Crippen LogP contribution is 2.20. The molecule has 31 heavy (non-hydrogen) atoms. The van der Waals surface area contributed by atoms with Crippen molar-refractivity contribution in [3.05, 3.63) is 65.7 Å². The van der Waals surface area contributed by atoms with E-state index in [2.05, 4.69) is 6.07 Å². The van der Waals surface area contributed by atoms with E-state index >= 15 is 0 Å². The van der Waals surface area contributed by atoms with Crippen molar-refractivity contribution in [3.63, 3.8) is 0 Å². The third-order valence-corrected chi connectivity index (χ3v) is 5.88. The van der Waals surface area contributed by atoms with Crippen LogP contribution in [0.15, 0.2) is 59.5 Å². The standard InChI is InChI=1S/C22H24N2O6S/c1-3-29-22(25)16-24(13-5-8-18-6-4-7-19(14-18)15-23)31(26,27)21-11-9-20(10-12-21)30-17-28-2/h4-12,14H,3,13,16-17H2,1-2H3/b8-5+. The molecule has 0 heterocycles. The SMILES string of the molecule is CCOC(=O)CN(C/C=C/c1cccc(C#N)c1)S(=O)(=O)c1ccc(OCOC)cc1. The van der Waals surface area contributed by atoms with E-state index in [1.807, 2.05) is 0 Å². The molecule has 0 saturated heterocycles. The predicted octanol–water partition coefficient (Wildman–Crippen LogP) is 2.81. The van der Waals surface area contributed by atoms with E-state index in [0.29, 0.717) is 11.3 Å². The van der Waals surface area contributed by atoms with Crippen molar-refractivity contribution in [3.8, 4) is 11.8 Å². The number of hydrogen-bond acceptors (Lipinski definition) is 7. The molecule has 0 amide bonds. The molecular weight excluding hydrogens is 420 g/mol. The zero-order valence-corrected chi connectivity index (χ0v) is 18.2. The van der Waals surface area contributed by atoms with Gasteiger partial charge in [-0.25, -0.2) is 8.42 Å². The van der Waals surface area contributed by atoms with Gasteiger partial charge in [0.05, 0.1) is 23.1 Å². The molecule has 0 atom stereocenters. The highest BCUT2D eigenvalue weighted by Gasteiger charge is 2.26. The van der Waals surface area contributed by atoms with Gasteiger partial charge in [-0.3, -0.25) is 4.79 Å². The second-order valence-corrected chi connectivity index (χ2v) is 8.20. The number of methoxy groups -OCH3 is 1. The summed E-state index contributed by atoms with van der Waals surface area (Å²) in [6.07, 6.45) is 3.31. The Morgan fingerprint density at radius 2 is 1.94 bits per heavy atom. The minimum Gasteiger partial charge on any atom is -0.468 e. The second kappa shape index (κ2) is 11.9. The summed E-state index contributed by atoms with van der Waals surface area (Å²) in [7, 11) is -2.49. The Balaban J connectivity index is 2.23. The second-order valence-electron chi connectivity index (χ2n) is 6.26. The molecule has 0 saturated carbocycles. The van der Waals surface area contributed by atoms with Gasteiger partial charge in [-0.2, -0.15) is 9.57 Å². The van der Waals surface area contributed by atoms with Crippen LogP contribution in [0.3, 0.4) is 0 Å². The minimum atomic E-state index is -3.98. The molecule has 0 N–H and O–H groups in total. The fourth-order valence-electron chi connectivity index (χ4n) is 2.60. The van der Waals surface area contributed by atoms with Crippen molar-refractivity contribution >= 4 is 22.1 Å². The average molecular weight is 445 g/mol. The number of rotatable bonds is 11. The molecule has 0 aliphatic rings. The van der Waals surface area contributed by atoms with Gasteiger partial charge in [-0.05, 0) is 48.9 Å². The molecule has 2 aromatic rings. The number of nitrogens with zero attached hydrogens (tertiary/aromatic N) is 2. The lowest BCUT2D eigenvalue weighted by atomic mass is 10.1. The monoisotopic (exact) mass is 444 g/mol. The van der Waals surface area contributed by atoms with E-state index in [-0.39, 0.29) is 24.8 Å². The lowest BCUT2D eigenvalue weighted by Crippen LogP contribution is -2.36. The number of ether oxygens (including phenoxy) is 3. The van der Waals surface area contributed by atoms with E-state index in [0.717, 1.165) is 9.87 Å². The smallest absolute Gasteiger partial charge is 0.321 e. The Bertz CT molecular complexity index is 1040. The first kappa shape index (κ1) is 24.1. The van der Waals surface area contributed by atoms with Crippen LogP contribution in [0.4, 0.5) is 0 Å². The van der Waals surface area contributed by atoms with Crippen LogP contribution >= 0.6 is 0 Å². The summed E-state index contributed by atoms with van der Waals surface area (Å²) in [5, 5.41) is 9.00. The van der Waals surface area contributed by atoms with E-state index in [1.54, 1.807) is 43.3 Å². The van der Waals surface area contributed by atoms with E-state index in [9.17, 15) is 13.2 Å². The molecule has 0 bridgehead atoms. The zero-order valence-electron chi connectivity index (χ0n) is 17.4. The molecule has 0 aromatic heterocycles. The number of hydrogen-bond donors (Lipinski definition) is 0. The molecule has 0 aliphatic heterocycles. The molecule has 2 rings (SSSR count). The summed E-state index contributed by atoms with van der Waals surface area (Å²) in [6.45, 7) is 1.35. The van der Waals surface area contributed by atoms with Crippen molar-refractivity contribution in [1.82, 2.24) is 4.31 Å². The largest absolute Gasteiger partial charge is 0.468 e. The molecule has 0 radical (unpaired) electrons. The van der Waals surface area contributed by atoms with Crippen LogP contribution in [-0.4, -0.2) is 52.3 Å². The maximum Gasteiger partial charge on any atom is 0.321 e. The van der Waals surface area contributed by atoms with Gasteiger partial charge in [0.1, 0.15) is 12.3 Å². The first-order valence-electron chi connectivity index (χ1n) is 9.45. The minimum absolute atomic E-state index is 0.0152. The van der Waals surface area contributed by atoms with E-state index in [1.165, 1.54) is 31.4 Å². The van der Waals surface area contributed by atoms with Crippen molar-refractivity contribution in [1.29, 1.82) is 5.26 Å². The molecular formula is C22H24N2O6S. The van der Waals surface area contributed by atoms with Gasteiger partial charge in [0, 0.05) is 13.7 Å². The molecule has 0 unspecified atom stereocenters. The van der Waals surface area contributed by atoms with Crippen LogP contribution in [0.2, 0.25) is 0 Å². The molecule has 164 valence electrons. The first-order valence-corrected chi connectivity index (χ1v) is 10.9. The molecule has 0 fully saturated rings. The highest BCUT2D eigenvalue weighted by molar-refractivity contribution is 7.89. The van der Waals surface area contributed by atoms with E-state index < -0.39 is 22.5 Å². The first-order chi connectivity index (χ1) is 14.9. The van der Waals surface area contributed by atoms with Crippen molar-refractivity contribution < 1.29 is 27.4 Å². The number of nitriles is 1. The fraction of sp³-hybridized carbons (Fsp3) is 0.273. The Morgan fingerprint density at radius 3 is 2.58 bits per heavy atom. The lowest BCUT2D eigenvalue weighted by molar-refractivity contribution is -0.143. The summed E-state index contributed by atoms with van der Waals surface area (Å²) in [5.41, 5.74) is 1.24. The molecule has 2 aromatic carbocycles. The van der Waals surface area contributed by atoms with Gasteiger partial charge in [-0.15, -0.1) is 0 Å². The topological polar surface area (TPSA) is 106 Å². The summed E-state index contributed by atoms with van der Waals surface area (Å²) in [4.78, 5) is 12.0. The molecule has 0 spiro atoms. The van der Waals surface area contributed by atoms with Crippen LogP contribution in [0.25, 0.3) is 6.08 Å². The number of carbonyl (C=O) groups excluding carboxylic acids is 1. The number of sulfonamides is 1. The Kier molecular flexibility index (Phi) is 9.21.